The van der Waals surface area contributed by atoms with E-state index in [0.29, 0.717) is 30.4 Å². The van der Waals surface area contributed by atoms with Crippen molar-refractivity contribution in [1.82, 2.24) is 0 Å². The number of benzene rings is 1. The molecular weight excluding hydrogens is 318 g/mol. The second-order valence-corrected chi connectivity index (χ2v) is 13.6. The number of hydrogen-bond acceptors (Lipinski definition) is 4. The van der Waals surface area contributed by atoms with Crippen molar-refractivity contribution in [1.29, 1.82) is 0 Å². The summed E-state index contributed by atoms with van der Waals surface area (Å²) in [4.78, 5) is 0. The third kappa shape index (κ3) is 5.15. The maximum Gasteiger partial charge on any atom is 0.192 e. The minimum Gasteiger partial charge on any atom is -0.491 e. The molecule has 0 fully saturated rings. The molecule has 0 heterocycles. The highest BCUT2D eigenvalue weighted by Gasteiger charge is 2.36. The van der Waals surface area contributed by atoms with Crippen LogP contribution >= 0.6 is 0 Å². The maximum absolute atomic E-state index is 6.16. The smallest absolute Gasteiger partial charge is 0.192 e. The first-order valence-corrected chi connectivity index (χ1v) is 11.4. The van der Waals surface area contributed by atoms with Gasteiger partial charge in [-0.15, -0.1) is 0 Å². The van der Waals surface area contributed by atoms with Gasteiger partial charge in [0.1, 0.15) is 6.61 Å². The molecule has 0 spiro atoms. The van der Waals surface area contributed by atoms with E-state index in [1.807, 2.05) is 12.1 Å². The Balaban J connectivity index is 2.83. The summed E-state index contributed by atoms with van der Waals surface area (Å²) in [5, 5.41) is 0.196. The first-order valence-electron chi connectivity index (χ1n) is 8.54. The Morgan fingerprint density at radius 3 is 2.04 bits per heavy atom. The molecule has 4 nitrogen and oxygen atoms in total. The van der Waals surface area contributed by atoms with Crippen LogP contribution in [0.25, 0.3) is 0 Å². The number of nitrogens with two attached hydrogens (primary N) is 1. The molecule has 0 aromatic heterocycles. The Hall–Kier alpha value is -1.20. The normalized spacial score (nSPS) is 13.0. The van der Waals surface area contributed by atoms with Crippen molar-refractivity contribution in [2.45, 2.75) is 65.1 Å². The SMILES string of the molecule is COc1c(N)cc(C(C)(C)C)cc1OCCO[Si](C)(C)C(C)(C)C. The van der Waals surface area contributed by atoms with Crippen LogP contribution in [0.3, 0.4) is 0 Å². The Morgan fingerprint density at radius 1 is 1.00 bits per heavy atom. The highest BCUT2D eigenvalue weighted by molar-refractivity contribution is 6.74. The van der Waals surface area contributed by atoms with Crippen molar-refractivity contribution < 1.29 is 13.9 Å². The number of nitrogen functional groups attached to an aromatic ring is 1. The van der Waals surface area contributed by atoms with Crippen LogP contribution in [0.1, 0.15) is 47.1 Å². The van der Waals surface area contributed by atoms with Gasteiger partial charge in [0.25, 0.3) is 0 Å². The van der Waals surface area contributed by atoms with E-state index in [1.54, 1.807) is 7.11 Å². The molecule has 0 amide bonds. The van der Waals surface area contributed by atoms with Gasteiger partial charge in [-0.2, -0.15) is 0 Å². The molecule has 0 saturated heterocycles. The second-order valence-electron chi connectivity index (χ2n) is 8.80. The van der Waals surface area contributed by atoms with Crippen LogP contribution in [0, 0.1) is 0 Å². The van der Waals surface area contributed by atoms with Gasteiger partial charge >= 0.3 is 0 Å². The van der Waals surface area contributed by atoms with Crippen LogP contribution in [0.2, 0.25) is 18.1 Å². The van der Waals surface area contributed by atoms with Gasteiger partial charge in [-0.25, -0.2) is 0 Å². The van der Waals surface area contributed by atoms with E-state index in [9.17, 15) is 0 Å². The van der Waals surface area contributed by atoms with Crippen LogP contribution in [0.15, 0.2) is 12.1 Å². The predicted molar refractivity (Wildman–Crippen MR) is 105 cm³/mol. The summed E-state index contributed by atoms with van der Waals surface area (Å²) in [5.74, 6) is 1.27. The van der Waals surface area contributed by atoms with Crippen molar-refractivity contribution in [3.63, 3.8) is 0 Å². The molecule has 0 aliphatic heterocycles. The fourth-order valence-electron chi connectivity index (χ4n) is 2.05. The van der Waals surface area contributed by atoms with Crippen LogP contribution in [0.5, 0.6) is 11.5 Å². The van der Waals surface area contributed by atoms with Gasteiger partial charge in [-0.3, -0.25) is 0 Å². The van der Waals surface area contributed by atoms with E-state index in [1.165, 1.54) is 0 Å². The monoisotopic (exact) mass is 353 g/mol. The third-order valence-corrected chi connectivity index (χ3v) is 9.30. The number of anilines is 1. The average molecular weight is 354 g/mol. The maximum atomic E-state index is 6.16. The molecule has 0 aliphatic carbocycles. The van der Waals surface area contributed by atoms with Crippen LogP contribution in [0.4, 0.5) is 5.69 Å². The Morgan fingerprint density at radius 2 is 1.58 bits per heavy atom. The van der Waals surface area contributed by atoms with E-state index in [4.69, 9.17) is 19.6 Å². The van der Waals surface area contributed by atoms with E-state index < -0.39 is 8.32 Å². The molecule has 0 saturated carbocycles. The van der Waals surface area contributed by atoms with Gasteiger partial charge in [0.15, 0.2) is 19.8 Å². The molecule has 24 heavy (non-hydrogen) atoms. The molecule has 0 bridgehead atoms. The zero-order chi connectivity index (χ0) is 18.8. The van der Waals surface area contributed by atoms with E-state index in [0.717, 1.165) is 5.56 Å². The van der Waals surface area contributed by atoms with E-state index in [-0.39, 0.29) is 10.5 Å². The largest absolute Gasteiger partial charge is 0.491 e. The summed E-state index contributed by atoms with van der Waals surface area (Å²) < 4.78 is 17.5. The van der Waals surface area contributed by atoms with Gasteiger partial charge in [-0.1, -0.05) is 41.5 Å². The Bertz CT molecular complexity index is 557. The average Bonchev–Trinajstić information content (AvgIpc) is 2.40. The molecule has 1 aromatic rings. The fourth-order valence-corrected chi connectivity index (χ4v) is 3.07. The third-order valence-electron chi connectivity index (χ3n) is 4.76. The summed E-state index contributed by atoms with van der Waals surface area (Å²) in [5.41, 5.74) is 7.85. The molecule has 2 N–H and O–H groups in total. The van der Waals surface area contributed by atoms with Crippen molar-refractivity contribution >= 4 is 14.0 Å². The van der Waals surface area contributed by atoms with Crippen molar-refractivity contribution in [3.8, 4) is 11.5 Å². The van der Waals surface area contributed by atoms with Crippen LogP contribution < -0.4 is 15.2 Å². The van der Waals surface area contributed by atoms with Gasteiger partial charge in [0.05, 0.1) is 19.4 Å². The number of methoxy groups -OCH3 is 1. The number of hydrogen-bond donors (Lipinski definition) is 1. The topological polar surface area (TPSA) is 53.7 Å². The lowest BCUT2D eigenvalue weighted by Gasteiger charge is -2.36. The van der Waals surface area contributed by atoms with Crippen molar-refractivity contribution in [3.05, 3.63) is 17.7 Å². The summed E-state index contributed by atoms with van der Waals surface area (Å²) in [7, 11) is -0.140. The van der Waals surface area contributed by atoms with Crippen molar-refractivity contribution in [2.24, 2.45) is 0 Å². The standard InChI is InChI=1S/C19H35NO3Si/c1-18(2,3)14-12-15(20)17(21-7)16(13-14)22-10-11-23-24(8,9)19(4,5)6/h12-13H,10-11,20H2,1-9H3. The zero-order valence-electron chi connectivity index (χ0n) is 16.9. The lowest BCUT2D eigenvalue weighted by atomic mass is 9.86. The molecule has 5 heteroatoms. The van der Waals surface area contributed by atoms with E-state index >= 15 is 0 Å². The summed E-state index contributed by atoms with van der Waals surface area (Å²) in [6, 6.07) is 3.97. The highest BCUT2D eigenvalue weighted by Crippen LogP contribution is 2.39. The fraction of sp³-hybridized carbons (Fsp3) is 0.684. The zero-order valence-corrected chi connectivity index (χ0v) is 17.9. The van der Waals surface area contributed by atoms with Crippen LogP contribution in [-0.2, 0) is 9.84 Å². The molecule has 1 rings (SSSR count). The predicted octanol–water partition coefficient (Wildman–Crippen LogP) is 4.98. The quantitative estimate of drug-likeness (QED) is 0.445. The lowest BCUT2D eigenvalue weighted by molar-refractivity contribution is 0.198. The number of rotatable bonds is 6. The van der Waals surface area contributed by atoms with Crippen molar-refractivity contribution in [2.75, 3.05) is 26.1 Å². The van der Waals surface area contributed by atoms with E-state index in [2.05, 4.69) is 54.6 Å². The van der Waals surface area contributed by atoms with Crippen LogP contribution in [-0.4, -0.2) is 28.6 Å². The molecule has 0 unspecified atom stereocenters. The summed E-state index contributed by atoms with van der Waals surface area (Å²) in [6.45, 7) is 18.7. The molecule has 138 valence electrons. The minimum absolute atomic E-state index is 0.00383. The highest BCUT2D eigenvalue weighted by atomic mass is 28.4. The first-order chi connectivity index (χ1) is 10.8. The summed E-state index contributed by atoms with van der Waals surface area (Å²) >= 11 is 0. The summed E-state index contributed by atoms with van der Waals surface area (Å²) in [6.07, 6.45) is 0. The van der Waals surface area contributed by atoms with Gasteiger partial charge < -0.3 is 19.6 Å². The molecule has 0 aliphatic rings. The molecule has 0 atom stereocenters. The second kappa shape index (κ2) is 7.36. The Labute approximate surface area is 148 Å². The van der Waals surface area contributed by atoms with Gasteiger partial charge in [0, 0.05) is 0 Å². The lowest BCUT2D eigenvalue weighted by Crippen LogP contribution is -2.41. The minimum atomic E-state index is -1.75. The molecular formula is C19H35NO3Si. The molecule has 0 radical (unpaired) electrons. The van der Waals surface area contributed by atoms with Gasteiger partial charge in [0.2, 0.25) is 0 Å². The first kappa shape index (κ1) is 20.8. The molecule has 1 aromatic carbocycles. The Kier molecular flexibility index (Phi) is 6.39. The van der Waals surface area contributed by atoms with Gasteiger partial charge in [-0.05, 0) is 41.2 Å². The number of ether oxygens (including phenoxy) is 2.